The number of rotatable bonds is 3. The van der Waals surface area contributed by atoms with E-state index in [0.717, 1.165) is 22.4 Å². The average molecular weight is 404 g/mol. The molecule has 4 rings (SSSR count). The molecule has 5 heteroatoms. The van der Waals surface area contributed by atoms with Gasteiger partial charge in [-0.05, 0) is 56.2 Å². The Balaban J connectivity index is 1.93. The number of anilines is 2. The predicted octanol–water partition coefficient (Wildman–Crippen LogP) is 5.26. The van der Waals surface area contributed by atoms with Gasteiger partial charge >= 0.3 is 0 Å². The van der Waals surface area contributed by atoms with Crippen molar-refractivity contribution in [2.75, 3.05) is 4.90 Å². The first kappa shape index (κ1) is 19.2. The third-order valence-electron chi connectivity index (χ3n) is 4.97. The number of aryl methyl sites for hydroxylation is 3. The van der Waals surface area contributed by atoms with Crippen LogP contribution >= 0.6 is 0 Å². The molecule has 0 saturated carbocycles. The third kappa shape index (κ3) is 3.38. The average Bonchev–Trinajstić information content (AvgIpc) is 2.67. The SMILES string of the molecule is Cc1ccc(C(=O)C2=CN(c3cc(C)cc(C)c3)c3ccccc3S2(=O)=O)cc1. The van der Waals surface area contributed by atoms with E-state index < -0.39 is 15.6 Å². The van der Waals surface area contributed by atoms with Crippen LogP contribution in [0.5, 0.6) is 0 Å². The van der Waals surface area contributed by atoms with Crippen LogP contribution in [0, 0.1) is 20.8 Å². The Kier molecular flexibility index (Phi) is 4.63. The van der Waals surface area contributed by atoms with Crippen molar-refractivity contribution in [3.63, 3.8) is 0 Å². The summed E-state index contributed by atoms with van der Waals surface area (Å²) in [5, 5.41) is 0. The summed E-state index contributed by atoms with van der Waals surface area (Å²) >= 11 is 0. The minimum Gasteiger partial charge on any atom is -0.314 e. The number of hydrogen-bond donors (Lipinski definition) is 0. The molecule has 3 aromatic rings. The molecule has 0 aromatic heterocycles. The van der Waals surface area contributed by atoms with E-state index in [4.69, 9.17) is 0 Å². The molecule has 0 N–H and O–H groups in total. The van der Waals surface area contributed by atoms with Crippen LogP contribution in [0.4, 0.5) is 11.4 Å². The maximum Gasteiger partial charge on any atom is 0.214 e. The van der Waals surface area contributed by atoms with Crippen LogP contribution in [0.3, 0.4) is 0 Å². The van der Waals surface area contributed by atoms with Gasteiger partial charge in [0.2, 0.25) is 15.6 Å². The smallest absolute Gasteiger partial charge is 0.214 e. The lowest BCUT2D eigenvalue weighted by molar-refractivity contribution is 0.104. The number of fused-ring (bicyclic) bond motifs is 1. The minimum absolute atomic E-state index is 0.136. The van der Waals surface area contributed by atoms with Gasteiger partial charge in [0.15, 0.2) is 0 Å². The summed E-state index contributed by atoms with van der Waals surface area (Å²) in [5.74, 6) is -0.506. The van der Waals surface area contributed by atoms with Crippen molar-refractivity contribution in [1.29, 1.82) is 0 Å². The normalized spacial score (nSPS) is 14.9. The fourth-order valence-electron chi connectivity index (χ4n) is 3.59. The molecule has 0 fully saturated rings. The summed E-state index contributed by atoms with van der Waals surface area (Å²) < 4.78 is 26.6. The zero-order valence-corrected chi connectivity index (χ0v) is 17.3. The highest BCUT2D eigenvalue weighted by molar-refractivity contribution is 7.96. The van der Waals surface area contributed by atoms with Crippen LogP contribution in [0.25, 0.3) is 0 Å². The Bertz CT molecular complexity index is 1240. The number of ketones is 1. The predicted molar refractivity (Wildman–Crippen MR) is 115 cm³/mol. The lowest BCUT2D eigenvalue weighted by Gasteiger charge is -2.29. The summed E-state index contributed by atoms with van der Waals surface area (Å²) in [6, 6.07) is 19.7. The van der Waals surface area contributed by atoms with Gasteiger partial charge in [-0.2, -0.15) is 0 Å². The number of benzene rings is 3. The number of carbonyl (C=O) groups excluding carboxylic acids is 1. The fourth-order valence-corrected chi connectivity index (χ4v) is 5.13. The van der Waals surface area contributed by atoms with Crippen LogP contribution in [0.2, 0.25) is 0 Å². The van der Waals surface area contributed by atoms with Gasteiger partial charge in [0.25, 0.3) is 0 Å². The summed E-state index contributed by atoms with van der Waals surface area (Å²) in [4.78, 5) is 14.9. The van der Waals surface area contributed by atoms with Crippen LogP contribution < -0.4 is 4.90 Å². The first-order chi connectivity index (χ1) is 13.8. The largest absolute Gasteiger partial charge is 0.314 e. The zero-order chi connectivity index (χ0) is 20.8. The van der Waals surface area contributed by atoms with Crippen LogP contribution in [-0.2, 0) is 9.84 Å². The van der Waals surface area contributed by atoms with Crippen molar-refractivity contribution in [3.8, 4) is 0 Å². The van der Waals surface area contributed by atoms with E-state index in [-0.39, 0.29) is 9.80 Å². The molecule has 146 valence electrons. The van der Waals surface area contributed by atoms with Gasteiger partial charge in [-0.15, -0.1) is 0 Å². The molecule has 0 unspecified atom stereocenters. The minimum atomic E-state index is -3.93. The van der Waals surface area contributed by atoms with E-state index in [1.807, 2.05) is 32.9 Å². The molecular formula is C24H21NO3S. The Hall–Kier alpha value is -3.18. The molecule has 1 heterocycles. The summed E-state index contributed by atoms with van der Waals surface area (Å²) in [7, 11) is -3.93. The molecule has 3 aromatic carbocycles. The number of Topliss-reactive ketones (excluding diaryl/α,β-unsaturated/α-hetero) is 1. The van der Waals surface area contributed by atoms with Gasteiger partial charge in [0.05, 0.1) is 10.6 Å². The van der Waals surface area contributed by atoms with E-state index in [1.54, 1.807) is 53.4 Å². The van der Waals surface area contributed by atoms with Crippen molar-refractivity contribution in [3.05, 3.63) is 100 Å². The second-order valence-electron chi connectivity index (χ2n) is 7.38. The Morgan fingerprint density at radius 3 is 2.07 bits per heavy atom. The monoisotopic (exact) mass is 403 g/mol. The van der Waals surface area contributed by atoms with E-state index in [1.165, 1.54) is 6.20 Å². The molecule has 4 nitrogen and oxygen atoms in total. The van der Waals surface area contributed by atoms with Crippen LogP contribution in [0.15, 0.2) is 82.7 Å². The topological polar surface area (TPSA) is 54.5 Å². The number of carbonyl (C=O) groups is 1. The van der Waals surface area contributed by atoms with Gasteiger partial charge in [0.1, 0.15) is 4.91 Å². The highest BCUT2D eigenvalue weighted by Gasteiger charge is 2.36. The van der Waals surface area contributed by atoms with Crippen molar-refractivity contribution in [2.45, 2.75) is 25.7 Å². The molecule has 0 bridgehead atoms. The summed E-state index contributed by atoms with van der Waals surface area (Å²) in [6.45, 7) is 5.90. The molecule has 0 radical (unpaired) electrons. The quantitative estimate of drug-likeness (QED) is 0.560. The lowest BCUT2D eigenvalue weighted by atomic mass is 10.1. The Morgan fingerprint density at radius 1 is 0.793 bits per heavy atom. The second kappa shape index (κ2) is 7.01. The summed E-state index contributed by atoms with van der Waals surface area (Å²) in [6.07, 6.45) is 1.45. The molecule has 1 aliphatic rings. The molecular weight excluding hydrogens is 382 g/mol. The highest BCUT2D eigenvalue weighted by Crippen LogP contribution is 2.40. The third-order valence-corrected chi connectivity index (χ3v) is 6.77. The number of nitrogens with zero attached hydrogens (tertiary/aromatic N) is 1. The Labute approximate surface area is 171 Å². The zero-order valence-electron chi connectivity index (χ0n) is 16.5. The number of hydrogen-bond acceptors (Lipinski definition) is 4. The van der Waals surface area contributed by atoms with E-state index >= 15 is 0 Å². The molecule has 0 saturated heterocycles. The lowest BCUT2D eigenvalue weighted by Crippen LogP contribution is -2.25. The Morgan fingerprint density at radius 2 is 1.41 bits per heavy atom. The van der Waals surface area contributed by atoms with Gasteiger partial charge in [0, 0.05) is 17.5 Å². The van der Waals surface area contributed by atoms with E-state index in [0.29, 0.717) is 11.3 Å². The van der Waals surface area contributed by atoms with Gasteiger partial charge in [-0.3, -0.25) is 4.79 Å². The van der Waals surface area contributed by atoms with Crippen LogP contribution in [-0.4, -0.2) is 14.2 Å². The second-order valence-corrected chi connectivity index (χ2v) is 9.26. The fraction of sp³-hybridized carbons (Fsp3) is 0.125. The number of sulfone groups is 1. The number of para-hydroxylation sites is 1. The highest BCUT2D eigenvalue weighted by atomic mass is 32.2. The van der Waals surface area contributed by atoms with Gasteiger partial charge < -0.3 is 4.90 Å². The molecule has 0 amide bonds. The maximum atomic E-state index is 13.3. The van der Waals surface area contributed by atoms with Crippen molar-refractivity contribution in [1.82, 2.24) is 0 Å². The molecule has 0 atom stereocenters. The first-order valence-electron chi connectivity index (χ1n) is 9.32. The first-order valence-corrected chi connectivity index (χ1v) is 10.8. The van der Waals surface area contributed by atoms with Gasteiger partial charge in [-0.1, -0.05) is 48.0 Å². The molecule has 0 spiro atoms. The molecule has 0 aliphatic carbocycles. The van der Waals surface area contributed by atoms with E-state index in [9.17, 15) is 13.2 Å². The van der Waals surface area contributed by atoms with Crippen molar-refractivity contribution in [2.24, 2.45) is 0 Å². The van der Waals surface area contributed by atoms with Crippen molar-refractivity contribution < 1.29 is 13.2 Å². The van der Waals surface area contributed by atoms with Crippen LogP contribution in [0.1, 0.15) is 27.0 Å². The van der Waals surface area contributed by atoms with E-state index in [2.05, 4.69) is 6.07 Å². The maximum absolute atomic E-state index is 13.3. The van der Waals surface area contributed by atoms with Crippen molar-refractivity contribution >= 4 is 27.0 Å². The summed E-state index contributed by atoms with van der Waals surface area (Å²) in [5.41, 5.74) is 4.84. The molecule has 1 aliphatic heterocycles. The molecule has 29 heavy (non-hydrogen) atoms. The standard InChI is InChI=1S/C24H21NO3S/c1-16-8-10-19(11-9-16)24(26)23-15-25(20-13-17(2)12-18(3)14-20)21-6-4-5-7-22(21)29(23,27)28/h4-15H,1-3H3. The van der Waals surface area contributed by atoms with Gasteiger partial charge in [-0.25, -0.2) is 8.42 Å². The number of allylic oxidation sites excluding steroid dienone is 1.